The highest BCUT2D eigenvalue weighted by Gasteiger charge is 2.22. The summed E-state index contributed by atoms with van der Waals surface area (Å²) in [7, 11) is 0. The first kappa shape index (κ1) is 17.6. The van der Waals surface area contributed by atoms with Gasteiger partial charge in [0.1, 0.15) is 17.4 Å². The number of phenols is 1. The number of amides is 1. The zero-order valence-electron chi connectivity index (χ0n) is 12.9. The molecule has 0 fully saturated rings. The number of carbonyl (C=O) groups excluding carboxylic acids is 1. The van der Waals surface area contributed by atoms with Crippen LogP contribution in [0.3, 0.4) is 0 Å². The maximum Gasteiger partial charge on any atom is 0.408 e. The van der Waals surface area contributed by atoms with E-state index >= 15 is 0 Å². The van der Waals surface area contributed by atoms with Gasteiger partial charge >= 0.3 is 12.1 Å². The predicted molar refractivity (Wildman–Crippen MR) is 82.6 cm³/mol. The van der Waals surface area contributed by atoms with E-state index in [0.717, 1.165) is 5.56 Å². The van der Waals surface area contributed by atoms with Gasteiger partial charge in [0, 0.05) is 0 Å². The third-order valence-corrected chi connectivity index (χ3v) is 2.56. The molecule has 0 aliphatic heterocycles. The van der Waals surface area contributed by atoms with Crippen molar-refractivity contribution in [1.29, 1.82) is 0 Å². The van der Waals surface area contributed by atoms with Crippen LogP contribution in [0.15, 0.2) is 30.3 Å². The fourth-order valence-electron chi connectivity index (χ4n) is 1.60. The summed E-state index contributed by atoms with van der Waals surface area (Å²) >= 11 is 0. The zero-order valence-corrected chi connectivity index (χ0v) is 12.9. The molecule has 22 heavy (non-hydrogen) atoms. The second-order valence-electron chi connectivity index (χ2n) is 5.77. The van der Waals surface area contributed by atoms with Crippen molar-refractivity contribution >= 4 is 18.1 Å². The highest BCUT2D eigenvalue weighted by atomic mass is 16.6. The molecular weight excluding hydrogens is 286 g/mol. The zero-order chi connectivity index (χ0) is 16.8. The highest BCUT2D eigenvalue weighted by molar-refractivity contribution is 5.80. The second kappa shape index (κ2) is 7.49. The molecule has 6 nitrogen and oxygen atoms in total. The Morgan fingerprint density at radius 1 is 1.27 bits per heavy atom. The van der Waals surface area contributed by atoms with Gasteiger partial charge < -0.3 is 20.3 Å². The molecule has 120 valence electrons. The molecule has 1 aromatic carbocycles. The van der Waals surface area contributed by atoms with E-state index in [1.165, 1.54) is 12.1 Å². The summed E-state index contributed by atoms with van der Waals surface area (Å²) in [6, 6.07) is 5.40. The number of ether oxygens (including phenoxy) is 1. The number of carboxylic acid groups (broad SMARTS) is 1. The molecule has 0 bridgehead atoms. The molecule has 0 radical (unpaired) electrons. The molecule has 1 rings (SSSR count). The smallest absolute Gasteiger partial charge is 0.408 e. The van der Waals surface area contributed by atoms with Crippen LogP contribution >= 0.6 is 0 Å². The number of nitrogens with one attached hydrogen (secondary N) is 1. The van der Waals surface area contributed by atoms with E-state index in [-0.39, 0.29) is 12.2 Å². The highest BCUT2D eigenvalue weighted by Crippen LogP contribution is 2.12. The number of aromatic hydroxyl groups is 1. The first-order chi connectivity index (χ1) is 10.2. The normalized spacial score (nSPS) is 12.9. The minimum absolute atomic E-state index is 0.120. The Hall–Kier alpha value is -2.50. The van der Waals surface area contributed by atoms with Gasteiger partial charge in [0.05, 0.1) is 0 Å². The average molecular weight is 307 g/mol. The van der Waals surface area contributed by atoms with E-state index in [2.05, 4.69) is 5.32 Å². The molecule has 0 aliphatic rings. The largest absolute Gasteiger partial charge is 0.508 e. The molecule has 1 aromatic rings. The summed E-state index contributed by atoms with van der Waals surface area (Å²) in [4.78, 5) is 22.7. The number of hydrogen-bond acceptors (Lipinski definition) is 4. The molecule has 0 aliphatic carbocycles. The van der Waals surface area contributed by atoms with Gasteiger partial charge in [-0.15, -0.1) is 0 Å². The molecule has 3 N–H and O–H groups in total. The van der Waals surface area contributed by atoms with E-state index in [1.54, 1.807) is 45.1 Å². The maximum absolute atomic E-state index is 11.6. The molecule has 0 saturated heterocycles. The van der Waals surface area contributed by atoms with Crippen LogP contribution in [0, 0.1) is 0 Å². The molecule has 1 unspecified atom stereocenters. The minimum atomic E-state index is -1.14. The van der Waals surface area contributed by atoms with Gasteiger partial charge in [-0.05, 0) is 44.9 Å². The van der Waals surface area contributed by atoms with Gasteiger partial charge in [0.2, 0.25) is 0 Å². The number of alkyl carbamates (subject to hydrolysis) is 1. The number of carboxylic acids is 1. The van der Waals surface area contributed by atoms with Crippen LogP contribution < -0.4 is 5.32 Å². The molecule has 0 saturated carbocycles. The minimum Gasteiger partial charge on any atom is -0.508 e. The molecule has 0 aromatic heterocycles. The lowest BCUT2D eigenvalue weighted by atomic mass is 10.1. The van der Waals surface area contributed by atoms with Crippen molar-refractivity contribution in [3.63, 3.8) is 0 Å². The van der Waals surface area contributed by atoms with Crippen LogP contribution in [-0.4, -0.2) is 33.9 Å². The Bertz CT molecular complexity index is 543. The number of rotatable bonds is 5. The van der Waals surface area contributed by atoms with Gasteiger partial charge in [-0.1, -0.05) is 24.3 Å². The lowest BCUT2D eigenvalue weighted by molar-refractivity contribution is -0.139. The Labute approximate surface area is 129 Å². The third-order valence-electron chi connectivity index (χ3n) is 2.56. The van der Waals surface area contributed by atoms with Crippen molar-refractivity contribution in [1.82, 2.24) is 5.32 Å². The van der Waals surface area contributed by atoms with E-state index in [0.29, 0.717) is 0 Å². The molecular formula is C16H21NO5. The van der Waals surface area contributed by atoms with Crippen molar-refractivity contribution in [2.24, 2.45) is 0 Å². The predicted octanol–water partition coefficient (Wildman–Crippen LogP) is 2.77. The lowest BCUT2D eigenvalue weighted by Crippen LogP contribution is -2.43. The van der Waals surface area contributed by atoms with Crippen LogP contribution in [0.2, 0.25) is 0 Å². The Balaban J connectivity index is 2.59. The summed E-state index contributed by atoms with van der Waals surface area (Å²) in [5.41, 5.74) is 0.133. The second-order valence-corrected chi connectivity index (χ2v) is 5.77. The fourth-order valence-corrected chi connectivity index (χ4v) is 1.60. The first-order valence-corrected chi connectivity index (χ1v) is 6.85. The number of benzene rings is 1. The standard InChI is InChI=1S/C16H21NO5/c1-16(2,3)22-15(21)17-13(14(19)20)6-4-5-11-7-9-12(18)10-8-11/h4-5,7-10,13,18H,6H2,1-3H3,(H,17,21)(H,19,20)/b5-4-. The van der Waals surface area contributed by atoms with Crippen LogP contribution in [-0.2, 0) is 9.53 Å². The number of phenolic OH excluding ortho intramolecular Hbond substituents is 1. The summed E-state index contributed by atoms with van der Waals surface area (Å²) in [5, 5.41) is 20.6. The molecule has 0 spiro atoms. The Morgan fingerprint density at radius 3 is 2.36 bits per heavy atom. The lowest BCUT2D eigenvalue weighted by Gasteiger charge is -2.21. The maximum atomic E-state index is 11.6. The molecule has 1 atom stereocenters. The van der Waals surface area contributed by atoms with Crippen LogP contribution in [0.4, 0.5) is 4.79 Å². The molecule has 6 heteroatoms. The average Bonchev–Trinajstić information content (AvgIpc) is 2.37. The summed E-state index contributed by atoms with van der Waals surface area (Å²) in [6.45, 7) is 5.10. The number of aliphatic carboxylic acids is 1. The number of hydrogen-bond donors (Lipinski definition) is 3. The van der Waals surface area contributed by atoms with Gasteiger partial charge in [-0.25, -0.2) is 9.59 Å². The van der Waals surface area contributed by atoms with Crippen LogP contribution in [0.5, 0.6) is 5.75 Å². The summed E-state index contributed by atoms with van der Waals surface area (Å²) in [5.74, 6) is -0.978. The Kier molecular flexibility index (Phi) is 5.98. The Morgan fingerprint density at radius 2 is 1.86 bits per heavy atom. The van der Waals surface area contributed by atoms with Crippen molar-refractivity contribution in [2.75, 3.05) is 0 Å². The van der Waals surface area contributed by atoms with Gasteiger partial charge in [0.15, 0.2) is 0 Å². The molecule has 0 heterocycles. The number of carbonyl (C=O) groups is 2. The van der Waals surface area contributed by atoms with Crippen LogP contribution in [0.1, 0.15) is 32.8 Å². The SMILES string of the molecule is CC(C)(C)OC(=O)NC(C/C=C\c1ccc(O)cc1)C(=O)O. The first-order valence-electron chi connectivity index (χ1n) is 6.85. The summed E-state index contributed by atoms with van der Waals surface area (Å²) in [6.07, 6.45) is 2.71. The van der Waals surface area contributed by atoms with E-state index in [4.69, 9.17) is 9.84 Å². The quantitative estimate of drug-likeness (QED) is 0.777. The van der Waals surface area contributed by atoms with Gasteiger partial charge in [-0.2, -0.15) is 0 Å². The van der Waals surface area contributed by atoms with Crippen molar-refractivity contribution in [3.8, 4) is 5.75 Å². The van der Waals surface area contributed by atoms with E-state index < -0.39 is 23.7 Å². The van der Waals surface area contributed by atoms with E-state index in [1.807, 2.05) is 0 Å². The fraction of sp³-hybridized carbons (Fsp3) is 0.375. The van der Waals surface area contributed by atoms with Crippen molar-refractivity contribution < 1.29 is 24.5 Å². The topological polar surface area (TPSA) is 95.9 Å². The van der Waals surface area contributed by atoms with Crippen molar-refractivity contribution in [3.05, 3.63) is 35.9 Å². The van der Waals surface area contributed by atoms with Crippen LogP contribution in [0.25, 0.3) is 6.08 Å². The van der Waals surface area contributed by atoms with Gasteiger partial charge in [0.25, 0.3) is 0 Å². The summed E-state index contributed by atoms with van der Waals surface area (Å²) < 4.78 is 5.03. The van der Waals surface area contributed by atoms with Gasteiger partial charge in [-0.3, -0.25) is 0 Å². The molecule has 1 amide bonds. The van der Waals surface area contributed by atoms with E-state index in [9.17, 15) is 14.7 Å². The monoisotopic (exact) mass is 307 g/mol. The third kappa shape index (κ3) is 6.78. The van der Waals surface area contributed by atoms with Crippen molar-refractivity contribution in [2.45, 2.75) is 38.8 Å².